The highest BCUT2D eigenvalue weighted by atomic mass is 35.5. The molecule has 0 radical (unpaired) electrons. The SMILES string of the molecule is O=S(=O)(Nc1ccc2[nH]cc(C[C@@H]3CCCN3)c2c1)c1cccc(Cl)c1. The van der Waals surface area contributed by atoms with Crippen LogP contribution in [-0.2, 0) is 16.4 Å². The zero-order chi connectivity index (χ0) is 18.1. The molecule has 0 bridgehead atoms. The molecule has 0 saturated carbocycles. The quantitative estimate of drug-likeness (QED) is 0.619. The number of fused-ring (bicyclic) bond motifs is 1. The van der Waals surface area contributed by atoms with Crippen molar-refractivity contribution in [2.75, 3.05) is 11.3 Å². The van der Waals surface area contributed by atoms with Crippen LogP contribution in [0.15, 0.2) is 53.6 Å². The number of hydrogen-bond acceptors (Lipinski definition) is 3. The number of aromatic amines is 1. The first-order valence-electron chi connectivity index (χ1n) is 8.63. The van der Waals surface area contributed by atoms with Crippen LogP contribution in [0.3, 0.4) is 0 Å². The van der Waals surface area contributed by atoms with E-state index in [0.717, 1.165) is 23.9 Å². The molecular weight excluding hydrogens is 370 g/mol. The van der Waals surface area contributed by atoms with E-state index in [9.17, 15) is 8.42 Å². The summed E-state index contributed by atoms with van der Waals surface area (Å²) in [6, 6.07) is 12.3. The largest absolute Gasteiger partial charge is 0.361 e. The summed E-state index contributed by atoms with van der Waals surface area (Å²) in [6.07, 6.45) is 5.33. The molecule has 26 heavy (non-hydrogen) atoms. The zero-order valence-corrected chi connectivity index (χ0v) is 15.7. The Labute approximate surface area is 157 Å². The third-order valence-electron chi connectivity index (χ3n) is 4.75. The monoisotopic (exact) mass is 389 g/mol. The van der Waals surface area contributed by atoms with Crippen molar-refractivity contribution in [2.24, 2.45) is 0 Å². The van der Waals surface area contributed by atoms with Crippen molar-refractivity contribution >= 4 is 38.2 Å². The molecule has 1 saturated heterocycles. The zero-order valence-electron chi connectivity index (χ0n) is 14.1. The molecule has 0 spiro atoms. The Balaban J connectivity index is 1.62. The number of halogens is 1. The Morgan fingerprint density at radius 3 is 2.85 bits per heavy atom. The molecule has 136 valence electrons. The summed E-state index contributed by atoms with van der Waals surface area (Å²) in [7, 11) is -3.68. The lowest BCUT2D eigenvalue weighted by Gasteiger charge is -2.11. The third-order valence-corrected chi connectivity index (χ3v) is 6.37. The van der Waals surface area contributed by atoms with Crippen molar-refractivity contribution in [1.29, 1.82) is 0 Å². The second-order valence-electron chi connectivity index (χ2n) is 6.63. The molecule has 2 aromatic carbocycles. The Morgan fingerprint density at radius 2 is 2.08 bits per heavy atom. The van der Waals surface area contributed by atoms with E-state index in [-0.39, 0.29) is 4.90 Å². The number of benzene rings is 2. The second-order valence-corrected chi connectivity index (χ2v) is 8.75. The van der Waals surface area contributed by atoms with Crippen LogP contribution in [-0.4, -0.2) is 26.0 Å². The second kappa shape index (κ2) is 6.95. The third kappa shape index (κ3) is 3.58. The molecule has 1 aliphatic heterocycles. The molecule has 3 N–H and O–H groups in total. The van der Waals surface area contributed by atoms with Gasteiger partial charge in [-0.25, -0.2) is 8.42 Å². The summed E-state index contributed by atoms with van der Waals surface area (Å²) in [5, 5.41) is 4.94. The molecule has 0 unspecified atom stereocenters. The van der Waals surface area contributed by atoms with Gasteiger partial charge in [0.05, 0.1) is 4.90 Å². The first-order chi connectivity index (χ1) is 12.5. The van der Waals surface area contributed by atoms with Gasteiger partial charge in [-0.05, 0) is 67.8 Å². The first-order valence-corrected chi connectivity index (χ1v) is 10.5. The highest BCUT2D eigenvalue weighted by Gasteiger charge is 2.18. The van der Waals surface area contributed by atoms with E-state index in [4.69, 9.17) is 11.6 Å². The van der Waals surface area contributed by atoms with Crippen molar-refractivity contribution in [1.82, 2.24) is 10.3 Å². The Bertz CT molecular complexity index is 1040. The molecule has 1 aliphatic rings. The van der Waals surface area contributed by atoms with E-state index < -0.39 is 10.0 Å². The van der Waals surface area contributed by atoms with Gasteiger partial charge in [0.2, 0.25) is 0 Å². The van der Waals surface area contributed by atoms with Gasteiger partial charge >= 0.3 is 0 Å². The topological polar surface area (TPSA) is 74.0 Å². The predicted octanol–water partition coefficient (Wildman–Crippen LogP) is 3.92. The van der Waals surface area contributed by atoms with E-state index >= 15 is 0 Å². The van der Waals surface area contributed by atoms with Gasteiger partial charge in [0, 0.05) is 33.9 Å². The van der Waals surface area contributed by atoms with Crippen molar-refractivity contribution in [3.63, 3.8) is 0 Å². The van der Waals surface area contributed by atoms with Gasteiger partial charge in [0.1, 0.15) is 0 Å². The molecule has 4 rings (SSSR count). The fourth-order valence-corrected chi connectivity index (χ4v) is 4.81. The highest BCUT2D eigenvalue weighted by Crippen LogP contribution is 2.26. The molecule has 5 nitrogen and oxygen atoms in total. The van der Waals surface area contributed by atoms with E-state index in [1.54, 1.807) is 18.2 Å². The van der Waals surface area contributed by atoms with Crippen LogP contribution in [0.2, 0.25) is 5.02 Å². The fraction of sp³-hybridized carbons (Fsp3) is 0.263. The summed E-state index contributed by atoms with van der Waals surface area (Å²) < 4.78 is 27.9. The maximum absolute atomic E-state index is 12.6. The molecular formula is C19H20ClN3O2S. The number of sulfonamides is 1. The van der Waals surface area contributed by atoms with E-state index in [1.165, 1.54) is 30.5 Å². The van der Waals surface area contributed by atoms with E-state index in [2.05, 4.69) is 15.0 Å². The summed E-state index contributed by atoms with van der Waals surface area (Å²) in [4.78, 5) is 3.42. The number of rotatable bonds is 5. The summed E-state index contributed by atoms with van der Waals surface area (Å²) >= 11 is 5.92. The summed E-state index contributed by atoms with van der Waals surface area (Å²) in [6.45, 7) is 1.07. The number of anilines is 1. The van der Waals surface area contributed by atoms with E-state index in [0.29, 0.717) is 16.8 Å². The molecule has 0 aliphatic carbocycles. The lowest BCUT2D eigenvalue weighted by Crippen LogP contribution is -2.23. The van der Waals surface area contributed by atoms with Crippen molar-refractivity contribution in [2.45, 2.75) is 30.2 Å². The van der Waals surface area contributed by atoms with Crippen molar-refractivity contribution in [3.8, 4) is 0 Å². The number of nitrogens with one attached hydrogen (secondary N) is 3. The number of H-pyrrole nitrogens is 1. The van der Waals surface area contributed by atoms with E-state index in [1.807, 2.05) is 18.3 Å². The van der Waals surface area contributed by atoms with Crippen LogP contribution in [0.25, 0.3) is 10.9 Å². The van der Waals surface area contributed by atoms with Crippen molar-refractivity contribution < 1.29 is 8.42 Å². The normalized spacial score (nSPS) is 17.7. The first kappa shape index (κ1) is 17.4. The molecule has 1 fully saturated rings. The minimum atomic E-state index is -3.68. The average Bonchev–Trinajstić information content (AvgIpc) is 3.25. The molecule has 7 heteroatoms. The standard InChI is InChI=1S/C19H20ClN3O2S/c20-14-3-1-5-17(10-14)26(24,25)23-16-6-7-19-18(11-16)13(12-22-19)9-15-4-2-8-21-15/h1,3,5-7,10-12,15,21-23H,2,4,8-9H2/t15-/m0/s1. The van der Waals surface area contributed by atoms with Gasteiger partial charge in [-0.2, -0.15) is 0 Å². The molecule has 1 atom stereocenters. The van der Waals surface area contributed by atoms with Gasteiger partial charge < -0.3 is 10.3 Å². The minimum Gasteiger partial charge on any atom is -0.361 e. The van der Waals surface area contributed by atoms with Gasteiger partial charge in [0.15, 0.2) is 0 Å². The van der Waals surface area contributed by atoms with Gasteiger partial charge in [-0.15, -0.1) is 0 Å². The van der Waals surface area contributed by atoms with Crippen LogP contribution in [0.5, 0.6) is 0 Å². The van der Waals surface area contributed by atoms with Crippen LogP contribution in [0, 0.1) is 0 Å². The van der Waals surface area contributed by atoms with Crippen molar-refractivity contribution in [3.05, 3.63) is 59.2 Å². The number of hydrogen-bond donors (Lipinski definition) is 3. The molecule has 3 aromatic rings. The fourth-order valence-electron chi connectivity index (χ4n) is 3.46. The van der Waals surface area contributed by atoms with Crippen LogP contribution in [0.1, 0.15) is 18.4 Å². The smallest absolute Gasteiger partial charge is 0.261 e. The van der Waals surface area contributed by atoms with Gasteiger partial charge in [0.25, 0.3) is 10.0 Å². The summed E-state index contributed by atoms with van der Waals surface area (Å²) in [5.41, 5.74) is 2.74. The van der Waals surface area contributed by atoms with Crippen LogP contribution >= 0.6 is 11.6 Å². The van der Waals surface area contributed by atoms with Crippen LogP contribution < -0.4 is 10.0 Å². The Hall–Kier alpha value is -2.02. The average molecular weight is 390 g/mol. The maximum atomic E-state index is 12.6. The lowest BCUT2D eigenvalue weighted by atomic mass is 10.0. The van der Waals surface area contributed by atoms with Gasteiger partial charge in [-0.1, -0.05) is 17.7 Å². The molecule has 2 heterocycles. The molecule has 0 amide bonds. The Kier molecular flexibility index (Phi) is 4.65. The predicted molar refractivity (Wildman–Crippen MR) is 105 cm³/mol. The minimum absolute atomic E-state index is 0.148. The lowest BCUT2D eigenvalue weighted by molar-refractivity contribution is 0.601. The summed E-state index contributed by atoms with van der Waals surface area (Å²) in [5.74, 6) is 0. The number of aromatic nitrogens is 1. The van der Waals surface area contributed by atoms with Crippen LogP contribution in [0.4, 0.5) is 5.69 Å². The maximum Gasteiger partial charge on any atom is 0.261 e. The highest BCUT2D eigenvalue weighted by molar-refractivity contribution is 7.92. The van der Waals surface area contributed by atoms with Gasteiger partial charge in [-0.3, -0.25) is 4.72 Å². The molecule has 1 aromatic heterocycles. The Morgan fingerprint density at radius 1 is 1.19 bits per heavy atom.